The van der Waals surface area contributed by atoms with Crippen molar-refractivity contribution >= 4 is 18.0 Å². The first kappa shape index (κ1) is 30.6. The zero-order chi connectivity index (χ0) is 32.5. The molecule has 1 N–H and O–H groups in total. The Hall–Kier alpha value is -5.37. The fraction of sp³-hybridized carbons (Fsp3) is 0.286. The predicted octanol–water partition coefficient (Wildman–Crippen LogP) is 5.55. The van der Waals surface area contributed by atoms with E-state index in [-0.39, 0.29) is 47.9 Å². The van der Waals surface area contributed by atoms with E-state index in [9.17, 15) is 19.1 Å². The van der Waals surface area contributed by atoms with Gasteiger partial charge < -0.3 is 19.3 Å². The molecule has 1 saturated heterocycles. The molecule has 4 aromatic rings. The van der Waals surface area contributed by atoms with Gasteiger partial charge >= 0.3 is 5.97 Å². The van der Waals surface area contributed by atoms with Gasteiger partial charge in [0.2, 0.25) is 11.8 Å². The van der Waals surface area contributed by atoms with Crippen molar-refractivity contribution in [2.24, 2.45) is 5.92 Å². The lowest BCUT2D eigenvalue weighted by atomic mass is 9.89. The third-order valence-corrected chi connectivity index (χ3v) is 8.65. The van der Waals surface area contributed by atoms with E-state index in [4.69, 9.17) is 15.0 Å². The number of benzene rings is 2. The molecule has 2 aromatic carbocycles. The topological polar surface area (TPSA) is 121 Å². The Morgan fingerprint density at radius 2 is 1.87 bits per heavy atom. The van der Waals surface area contributed by atoms with Crippen molar-refractivity contribution in [2.75, 3.05) is 6.54 Å². The number of carbonyl (C=O) groups is 2. The summed E-state index contributed by atoms with van der Waals surface area (Å²) in [4.78, 5) is 35.1. The fourth-order valence-corrected chi connectivity index (χ4v) is 6.00. The monoisotopic (exact) mass is 623 g/mol. The summed E-state index contributed by atoms with van der Waals surface area (Å²) < 4.78 is 37.5. The molecule has 46 heavy (non-hydrogen) atoms. The number of nitrogens with zero attached hydrogens (tertiary/aromatic N) is 5. The average molecular weight is 624 g/mol. The Morgan fingerprint density at radius 1 is 1.09 bits per heavy atom. The smallest absolute Gasteiger partial charge is 0.331 e. The number of pyridine rings is 1. The molecular formula is C35H31F2N5O4. The number of hydrogen-bond acceptors (Lipinski definition) is 6. The minimum absolute atomic E-state index is 0.0201. The Balaban J connectivity index is 1.24. The molecule has 0 saturated carbocycles. The quantitative estimate of drug-likeness (QED) is 0.260. The van der Waals surface area contributed by atoms with Gasteiger partial charge in [0.05, 0.1) is 34.8 Å². The molecule has 0 spiro atoms. The maximum absolute atomic E-state index is 15.6. The van der Waals surface area contributed by atoms with Gasteiger partial charge in [0.25, 0.3) is 0 Å². The van der Waals surface area contributed by atoms with Gasteiger partial charge in [-0.15, -0.1) is 0 Å². The first-order chi connectivity index (χ1) is 22.1. The van der Waals surface area contributed by atoms with E-state index in [0.717, 1.165) is 18.2 Å². The Morgan fingerprint density at radius 3 is 2.54 bits per heavy atom. The number of amides is 1. The molecule has 2 aliphatic rings. The molecule has 9 nitrogen and oxygen atoms in total. The van der Waals surface area contributed by atoms with Crippen LogP contribution in [0.25, 0.3) is 17.3 Å². The Kier molecular flexibility index (Phi) is 8.37. The second-order valence-electron chi connectivity index (χ2n) is 11.7. The van der Waals surface area contributed by atoms with Crippen molar-refractivity contribution in [2.45, 2.75) is 52.3 Å². The summed E-state index contributed by atoms with van der Waals surface area (Å²) in [6, 6.07) is 15.9. The average Bonchev–Trinajstić information content (AvgIpc) is 3.33. The van der Waals surface area contributed by atoms with E-state index < -0.39 is 17.6 Å². The van der Waals surface area contributed by atoms with Gasteiger partial charge in [-0.05, 0) is 54.7 Å². The number of halogens is 2. The number of fused-ring (bicyclic) bond motifs is 1. The predicted molar refractivity (Wildman–Crippen MR) is 164 cm³/mol. The first-order valence-electron chi connectivity index (χ1n) is 15.0. The summed E-state index contributed by atoms with van der Waals surface area (Å²) >= 11 is 0. The zero-order valence-electron chi connectivity index (χ0n) is 25.3. The number of nitriles is 1. The van der Waals surface area contributed by atoms with Crippen LogP contribution in [-0.4, -0.2) is 49.0 Å². The van der Waals surface area contributed by atoms with Crippen LogP contribution in [0.4, 0.5) is 8.78 Å². The lowest BCUT2D eigenvalue weighted by molar-refractivity contribution is -0.137. The van der Waals surface area contributed by atoms with Crippen LogP contribution in [0.1, 0.15) is 54.2 Å². The summed E-state index contributed by atoms with van der Waals surface area (Å²) in [5, 5.41) is 18.7. The van der Waals surface area contributed by atoms with Gasteiger partial charge in [-0.1, -0.05) is 31.2 Å². The highest BCUT2D eigenvalue weighted by molar-refractivity contribution is 5.93. The van der Waals surface area contributed by atoms with Crippen LogP contribution in [0.3, 0.4) is 0 Å². The molecule has 0 radical (unpaired) electrons. The molecule has 1 fully saturated rings. The molecule has 1 amide bonds. The summed E-state index contributed by atoms with van der Waals surface area (Å²) in [6.07, 6.45) is 3.11. The van der Waals surface area contributed by atoms with Crippen molar-refractivity contribution in [3.63, 3.8) is 0 Å². The van der Waals surface area contributed by atoms with Crippen LogP contribution in [0.15, 0.2) is 60.2 Å². The number of likely N-dealkylation sites (tertiary alicyclic amines) is 1. The molecule has 1 aliphatic carbocycles. The number of hydrogen-bond donors (Lipinski definition) is 1. The number of ether oxygens (including phenoxy) is 1. The molecule has 3 heterocycles. The van der Waals surface area contributed by atoms with Crippen molar-refractivity contribution in [3.8, 4) is 23.2 Å². The molecule has 0 bridgehead atoms. The number of carboxylic acids is 1. The van der Waals surface area contributed by atoms with Crippen LogP contribution in [0.2, 0.25) is 0 Å². The van der Waals surface area contributed by atoms with Crippen LogP contribution >= 0.6 is 0 Å². The van der Waals surface area contributed by atoms with E-state index in [0.29, 0.717) is 53.4 Å². The number of rotatable bonds is 9. The largest absolute Gasteiger partial charge is 0.478 e. The van der Waals surface area contributed by atoms with Crippen molar-refractivity contribution < 1.29 is 28.2 Å². The van der Waals surface area contributed by atoms with Gasteiger partial charge in [0, 0.05) is 49.2 Å². The molecule has 2 atom stereocenters. The molecule has 2 aromatic heterocycles. The zero-order valence-corrected chi connectivity index (χ0v) is 25.3. The third-order valence-electron chi connectivity index (χ3n) is 8.65. The van der Waals surface area contributed by atoms with Crippen molar-refractivity contribution in [1.82, 2.24) is 19.4 Å². The van der Waals surface area contributed by atoms with Gasteiger partial charge in [0.15, 0.2) is 0 Å². The van der Waals surface area contributed by atoms with Gasteiger partial charge in [0.1, 0.15) is 24.1 Å². The molecule has 1 unspecified atom stereocenters. The molecule has 234 valence electrons. The first-order valence-corrected chi connectivity index (χ1v) is 15.0. The normalized spacial score (nSPS) is 17.0. The molecular weight excluding hydrogens is 592 g/mol. The lowest BCUT2D eigenvalue weighted by Gasteiger charge is -2.41. The van der Waals surface area contributed by atoms with E-state index >= 15 is 4.39 Å². The number of carbonyl (C=O) groups excluding carboxylic acids is 1. The fourth-order valence-electron chi connectivity index (χ4n) is 6.00. The van der Waals surface area contributed by atoms with E-state index in [2.05, 4.69) is 4.98 Å². The maximum atomic E-state index is 15.6. The van der Waals surface area contributed by atoms with Crippen LogP contribution in [-0.2, 0) is 35.6 Å². The Bertz CT molecular complexity index is 1930. The third kappa shape index (κ3) is 6.11. The van der Waals surface area contributed by atoms with E-state index in [1.54, 1.807) is 41.3 Å². The Labute approximate surface area is 264 Å². The van der Waals surface area contributed by atoms with E-state index in [1.165, 1.54) is 25.1 Å². The highest BCUT2D eigenvalue weighted by Crippen LogP contribution is 2.32. The highest BCUT2D eigenvalue weighted by atomic mass is 19.1. The van der Waals surface area contributed by atoms with Crippen LogP contribution in [0.5, 0.6) is 5.88 Å². The van der Waals surface area contributed by atoms with Crippen LogP contribution < -0.4 is 4.74 Å². The highest BCUT2D eigenvalue weighted by Gasteiger charge is 2.34. The number of aliphatic carboxylic acids is 1. The van der Waals surface area contributed by atoms with Crippen molar-refractivity contribution in [1.29, 1.82) is 5.26 Å². The number of imidazole rings is 1. The minimum Gasteiger partial charge on any atom is -0.478 e. The summed E-state index contributed by atoms with van der Waals surface area (Å²) in [5.41, 5.74) is 3.64. The second-order valence-corrected chi connectivity index (χ2v) is 11.7. The van der Waals surface area contributed by atoms with Crippen LogP contribution in [0, 0.1) is 28.9 Å². The molecule has 11 heteroatoms. The molecule has 1 aliphatic heterocycles. The number of aromatic nitrogens is 3. The summed E-state index contributed by atoms with van der Waals surface area (Å²) in [6.45, 7) is 4.40. The number of carboxylic acid groups (broad SMARTS) is 1. The maximum Gasteiger partial charge on any atom is 0.331 e. The SMILES string of the molecule is CC(=O)N1CC[C@@H]1Cn1c(Cc2ccc(-c3cccc(OCc4ccc(C#N)cc4F)n3)cc2F)nc2c1C=C(C(=O)O)C(C)C2. The minimum atomic E-state index is -0.979. The standard InChI is InChI=1S/C35H31F2N5O4/c1-20-12-31-32(16-27(20)35(44)45)42(18-26-10-11-41(26)21(2)43)33(39-31)15-23-8-9-24(14-29(23)37)30-4-3-5-34(40-30)46-19-25-7-6-22(17-38)13-28(25)36/h3-9,13-14,16,20,26H,10-12,15,18-19H2,1-2H3,(H,44,45)/t20?,26-/m1/s1. The van der Waals surface area contributed by atoms with E-state index in [1.807, 2.05) is 17.6 Å². The van der Waals surface area contributed by atoms with Gasteiger partial charge in [-0.25, -0.2) is 23.5 Å². The lowest BCUT2D eigenvalue weighted by Crippen LogP contribution is -2.52. The second kappa shape index (κ2) is 12.6. The summed E-state index contributed by atoms with van der Waals surface area (Å²) in [5.74, 6) is -1.39. The summed E-state index contributed by atoms with van der Waals surface area (Å²) in [7, 11) is 0. The molecule has 6 rings (SSSR count). The van der Waals surface area contributed by atoms with Gasteiger partial charge in [-0.2, -0.15) is 5.26 Å². The van der Waals surface area contributed by atoms with Gasteiger partial charge in [-0.3, -0.25) is 4.79 Å². The van der Waals surface area contributed by atoms with Crippen molar-refractivity contribution in [3.05, 3.63) is 106 Å².